The monoisotopic (exact) mass is 257 g/mol. The van der Waals surface area contributed by atoms with Gasteiger partial charge >= 0.3 is 0 Å². The lowest BCUT2D eigenvalue weighted by atomic mass is 10.1. The molecule has 0 aliphatic carbocycles. The van der Waals surface area contributed by atoms with E-state index in [1.165, 1.54) is 5.56 Å². The summed E-state index contributed by atoms with van der Waals surface area (Å²) in [5.41, 5.74) is 4.17. The van der Waals surface area contributed by atoms with Crippen molar-refractivity contribution in [2.75, 3.05) is 5.32 Å². The average molecular weight is 257 g/mol. The summed E-state index contributed by atoms with van der Waals surface area (Å²) in [7, 11) is 0. The van der Waals surface area contributed by atoms with E-state index < -0.39 is 0 Å². The number of aromatic nitrogens is 2. The van der Waals surface area contributed by atoms with E-state index in [2.05, 4.69) is 10.4 Å². The molecule has 1 atom stereocenters. The molecule has 1 heterocycles. The molecule has 1 unspecified atom stereocenters. The molecule has 0 spiro atoms. The van der Waals surface area contributed by atoms with Crippen LogP contribution in [-0.4, -0.2) is 15.7 Å². The number of benzene rings is 1. The summed E-state index contributed by atoms with van der Waals surface area (Å²) in [6, 6.07) is 5.57. The number of aryl methyl sites for hydroxylation is 2. The van der Waals surface area contributed by atoms with Crippen molar-refractivity contribution in [1.82, 2.24) is 9.78 Å². The second-order valence-corrected chi connectivity index (χ2v) is 4.91. The second kappa shape index (κ2) is 5.26. The number of carbonyl (C=O) groups is 1. The van der Waals surface area contributed by atoms with Crippen LogP contribution in [0.4, 0.5) is 5.69 Å². The number of anilines is 1. The number of amides is 1. The van der Waals surface area contributed by atoms with Gasteiger partial charge < -0.3 is 5.32 Å². The first-order valence-corrected chi connectivity index (χ1v) is 6.37. The van der Waals surface area contributed by atoms with Crippen molar-refractivity contribution < 1.29 is 4.79 Å². The first kappa shape index (κ1) is 13.3. The first-order chi connectivity index (χ1) is 8.99. The van der Waals surface area contributed by atoms with Crippen LogP contribution in [0.15, 0.2) is 30.6 Å². The Morgan fingerprint density at radius 3 is 2.68 bits per heavy atom. The Morgan fingerprint density at radius 1 is 1.32 bits per heavy atom. The van der Waals surface area contributed by atoms with E-state index in [1.54, 1.807) is 10.9 Å². The first-order valence-electron chi connectivity index (χ1n) is 6.37. The largest absolute Gasteiger partial charge is 0.324 e. The van der Waals surface area contributed by atoms with E-state index >= 15 is 0 Å². The minimum absolute atomic E-state index is 0.0585. The van der Waals surface area contributed by atoms with E-state index in [4.69, 9.17) is 0 Å². The molecule has 1 N–H and O–H groups in total. The maximum absolute atomic E-state index is 12.2. The summed E-state index contributed by atoms with van der Waals surface area (Å²) < 4.78 is 1.68. The van der Waals surface area contributed by atoms with Crippen LogP contribution in [0.3, 0.4) is 0 Å². The third-order valence-electron chi connectivity index (χ3n) is 3.37. The van der Waals surface area contributed by atoms with Gasteiger partial charge in [0.05, 0.1) is 6.20 Å². The quantitative estimate of drug-likeness (QED) is 0.918. The molecule has 100 valence electrons. The highest BCUT2D eigenvalue weighted by Crippen LogP contribution is 2.19. The standard InChI is InChI=1S/C15H19N3O/c1-10-8-16-18(9-10)13(4)15(19)17-14-7-5-6-11(2)12(14)3/h5-9,13H,1-4H3,(H,17,19). The lowest BCUT2D eigenvalue weighted by Gasteiger charge is -2.15. The molecule has 0 radical (unpaired) electrons. The summed E-state index contributed by atoms with van der Waals surface area (Å²) in [6.07, 6.45) is 3.62. The van der Waals surface area contributed by atoms with Crippen LogP contribution >= 0.6 is 0 Å². The normalized spacial score (nSPS) is 12.2. The molecule has 2 aromatic rings. The molecule has 0 saturated heterocycles. The van der Waals surface area contributed by atoms with Gasteiger partial charge in [-0.3, -0.25) is 9.48 Å². The molecule has 0 aliphatic heterocycles. The van der Waals surface area contributed by atoms with E-state index in [1.807, 2.05) is 52.1 Å². The molecular formula is C15H19N3O. The molecular weight excluding hydrogens is 238 g/mol. The van der Waals surface area contributed by atoms with Gasteiger partial charge in [-0.2, -0.15) is 5.10 Å². The summed E-state index contributed by atoms with van der Waals surface area (Å²) in [5.74, 6) is -0.0585. The Morgan fingerprint density at radius 2 is 2.05 bits per heavy atom. The van der Waals surface area contributed by atoms with Crippen molar-refractivity contribution in [1.29, 1.82) is 0 Å². The summed E-state index contributed by atoms with van der Waals surface area (Å²) in [4.78, 5) is 12.2. The van der Waals surface area contributed by atoms with E-state index in [0.29, 0.717) is 0 Å². The third-order valence-corrected chi connectivity index (χ3v) is 3.37. The van der Waals surface area contributed by atoms with Gasteiger partial charge in [-0.25, -0.2) is 0 Å². The Hall–Kier alpha value is -2.10. The van der Waals surface area contributed by atoms with Crippen molar-refractivity contribution in [3.63, 3.8) is 0 Å². The SMILES string of the molecule is Cc1cnn(C(C)C(=O)Nc2cccc(C)c2C)c1. The molecule has 4 heteroatoms. The van der Waals surface area contributed by atoms with Crippen molar-refractivity contribution in [3.05, 3.63) is 47.3 Å². The molecule has 0 bridgehead atoms. The second-order valence-electron chi connectivity index (χ2n) is 4.91. The Kier molecular flexibility index (Phi) is 3.69. The number of hydrogen-bond donors (Lipinski definition) is 1. The molecule has 0 aliphatic rings. The minimum atomic E-state index is -0.325. The van der Waals surface area contributed by atoms with Crippen LogP contribution in [-0.2, 0) is 4.79 Å². The van der Waals surface area contributed by atoms with Gasteiger partial charge in [0.25, 0.3) is 0 Å². The van der Waals surface area contributed by atoms with Crippen LogP contribution in [0.2, 0.25) is 0 Å². The molecule has 1 aromatic carbocycles. The molecule has 0 fully saturated rings. The highest BCUT2D eigenvalue weighted by Gasteiger charge is 2.16. The molecule has 2 rings (SSSR count). The highest BCUT2D eigenvalue weighted by atomic mass is 16.2. The topological polar surface area (TPSA) is 46.9 Å². The van der Waals surface area contributed by atoms with Gasteiger partial charge in [0, 0.05) is 11.9 Å². The number of rotatable bonds is 3. The van der Waals surface area contributed by atoms with Crippen LogP contribution in [0.25, 0.3) is 0 Å². The number of nitrogens with zero attached hydrogens (tertiary/aromatic N) is 2. The average Bonchev–Trinajstić information content (AvgIpc) is 2.80. The van der Waals surface area contributed by atoms with Gasteiger partial charge in [-0.15, -0.1) is 0 Å². The van der Waals surface area contributed by atoms with Crippen LogP contribution < -0.4 is 5.32 Å². The predicted molar refractivity (Wildman–Crippen MR) is 76.2 cm³/mol. The Bertz CT molecular complexity index is 601. The molecule has 0 saturated carbocycles. The van der Waals surface area contributed by atoms with E-state index in [0.717, 1.165) is 16.8 Å². The third kappa shape index (κ3) is 2.84. The lowest BCUT2D eigenvalue weighted by Crippen LogP contribution is -2.24. The fourth-order valence-corrected chi connectivity index (χ4v) is 1.89. The van der Waals surface area contributed by atoms with Gasteiger partial charge in [0.15, 0.2) is 0 Å². The summed E-state index contributed by atoms with van der Waals surface area (Å²) in [5, 5.41) is 7.13. The van der Waals surface area contributed by atoms with Crippen molar-refractivity contribution in [3.8, 4) is 0 Å². The fraction of sp³-hybridized carbons (Fsp3) is 0.333. The van der Waals surface area contributed by atoms with Gasteiger partial charge in [-0.1, -0.05) is 12.1 Å². The highest BCUT2D eigenvalue weighted by molar-refractivity contribution is 5.94. The Labute approximate surface area is 113 Å². The smallest absolute Gasteiger partial charge is 0.248 e. The molecule has 19 heavy (non-hydrogen) atoms. The lowest BCUT2D eigenvalue weighted by molar-refractivity contribution is -0.119. The minimum Gasteiger partial charge on any atom is -0.324 e. The zero-order valence-electron chi connectivity index (χ0n) is 11.8. The number of nitrogens with one attached hydrogen (secondary N) is 1. The van der Waals surface area contributed by atoms with Crippen LogP contribution in [0.5, 0.6) is 0 Å². The summed E-state index contributed by atoms with van der Waals surface area (Å²) in [6.45, 7) is 7.84. The number of carbonyl (C=O) groups excluding carboxylic acids is 1. The van der Waals surface area contributed by atoms with Crippen molar-refractivity contribution in [2.24, 2.45) is 0 Å². The maximum Gasteiger partial charge on any atom is 0.248 e. The van der Waals surface area contributed by atoms with Crippen LogP contribution in [0, 0.1) is 20.8 Å². The fourth-order valence-electron chi connectivity index (χ4n) is 1.89. The van der Waals surface area contributed by atoms with Crippen molar-refractivity contribution >= 4 is 11.6 Å². The molecule has 4 nitrogen and oxygen atoms in total. The van der Waals surface area contributed by atoms with E-state index in [-0.39, 0.29) is 11.9 Å². The van der Waals surface area contributed by atoms with E-state index in [9.17, 15) is 4.79 Å². The van der Waals surface area contributed by atoms with Gasteiger partial charge in [0.2, 0.25) is 5.91 Å². The van der Waals surface area contributed by atoms with Gasteiger partial charge in [0.1, 0.15) is 6.04 Å². The zero-order chi connectivity index (χ0) is 14.0. The van der Waals surface area contributed by atoms with Gasteiger partial charge in [-0.05, 0) is 50.5 Å². The zero-order valence-corrected chi connectivity index (χ0v) is 11.8. The van der Waals surface area contributed by atoms with Crippen LogP contribution in [0.1, 0.15) is 29.7 Å². The maximum atomic E-state index is 12.2. The molecule has 1 amide bonds. The molecule has 1 aromatic heterocycles. The summed E-state index contributed by atoms with van der Waals surface area (Å²) >= 11 is 0. The Balaban J connectivity index is 2.15. The predicted octanol–water partition coefficient (Wildman–Crippen LogP) is 3.01. The number of hydrogen-bond acceptors (Lipinski definition) is 2. The van der Waals surface area contributed by atoms with Crippen molar-refractivity contribution in [2.45, 2.75) is 33.7 Å².